The van der Waals surface area contributed by atoms with Gasteiger partial charge in [-0.1, -0.05) is 58.4 Å². The summed E-state index contributed by atoms with van der Waals surface area (Å²) in [5, 5.41) is 28.3. The van der Waals surface area contributed by atoms with Crippen LogP contribution in [0.5, 0.6) is 0 Å². The lowest BCUT2D eigenvalue weighted by Gasteiger charge is -2.70. The van der Waals surface area contributed by atoms with Crippen LogP contribution in [0.4, 0.5) is 0 Å². The summed E-state index contributed by atoms with van der Waals surface area (Å²) in [6.07, 6.45) is 9.63. The summed E-state index contributed by atoms with van der Waals surface area (Å²) in [7, 11) is 1.95. The third-order valence-corrected chi connectivity index (χ3v) is 18.6. The van der Waals surface area contributed by atoms with E-state index in [1.807, 2.05) is 27.1 Å². The van der Waals surface area contributed by atoms with Crippen molar-refractivity contribution in [3.63, 3.8) is 0 Å². The van der Waals surface area contributed by atoms with Crippen molar-refractivity contribution in [2.24, 2.45) is 45.3 Å². The van der Waals surface area contributed by atoms with Crippen molar-refractivity contribution < 1.29 is 34.1 Å². The zero-order valence-corrected chi connectivity index (χ0v) is 39.3. The van der Waals surface area contributed by atoms with Gasteiger partial charge in [0, 0.05) is 67.3 Å². The van der Waals surface area contributed by atoms with Gasteiger partial charge in [0.25, 0.3) is 0 Å². The molecule has 5 fully saturated rings. The number of aldehydes is 1. The van der Waals surface area contributed by atoms with E-state index in [9.17, 15) is 24.6 Å². The molecule has 0 radical (unpaired) electrons. The van der Waals surface area contributed by atoms with E-state index in [0.29, 0.717) is 43.9 Å². The molecule has 3 aromatic rings. The van der Waals surface area contributed by atoms with Crippen LogP contribution in [0, 0.1) is 52.3 Å². The first kappa shape index (κ1) is 44.8. The lowest BCUT2D eigenvalue weighted by molar-refractivity contribution is -0.222. The highest BCUT2D eigenvalue weighted by atomic mass is 16.6. The number of allylic oxidation sites excluding steroid dienone is 1. The molecule has 4 aliphatic carbocycles. The number of aliphatic hydroxyl groups excluding tert-OH is 2. The Kier molecular flexibility index (Phi) is 11.3. The van der Waals surface area contributed by atoms with Gasteiger partial charge in [-0.15, -0.1) is 0 Å². The van der Waals surface area contributed by atoms with Crippen LogP contribution in [-0.4, -0.2) is 88.3 Å². The first-order valence-corrected chi connectivity index (χ1v) is 24.1. The number of hydrogen-bond acceptors (Lipinski definition) is 8. The van der Waals surface area contributed by atoms with Gasteiger partial charge >= 0.3 is 0 Å². The van der Waals surface area contributed by atoms with Gasteiger partial charge < -0.3 is 39.3 Å². The second-order valence-corrected chi connectivity index (χ2v) is 22.5. The van der Waals surface area contributed by atoms with E-state index in [-0.39, 0.29) is 35.1 Å². The molecule has 4 heterocycles. The minimum Gasteiger partial charge on any atom is -0.392 e. The van der Waals surface area contributed by atoms with Gasteiger partial charge in [0.05, 0.1) is 34.8 Å². The summed E-state index contributed by atoms with van der Waals surface area (Å²) in [5.41, 5.74) is 5.67. The number of hydrogen-bond donors (Lipinski definition) is 4. The van der Waals surface area contributed by atoms with Crippen molar-refractivity contribution in [1.29, 1.82) is 0 Å². The molecule has 12 atom stereocenters. The monoisotopic (exact) mass is 864 g/mol. The molecular weight excluding hydrogens is 791 g/mol. The highest BCUT2D eigenvalue weighted by Gasteiger charge is 2.72. The smallest absolute Gasteiger partial charge is 0.160 e. The number of benzene rings is 1. The minimum atomic E-state index is -0.808. The number of aromatic nitrogens is 2. The lowest BCUT2D eigenvalue weighted by atomic mass is 9.34. The Hall–Kier alpha value is -3.41. The Balaban J connectivity index is 1.16. The summed E-state index contributed by atoms with van der Waals surface area (Å²) >= 11 is 0. The number of aryl methyl sites for hydroxylation is 1. The van der Waals surface area contributed by atoms with Crippen LogP contribution in [0.2, 0.25) is 0 Å². The van der Waals surface area contributed by atoms with Gasteiger partial charge in [-0.3, -0.25) is 9.59 Å². The fraction of sp³-hybridized carbons (Fsp3) is 0.679. The average Bonchev–Trinajstić information content (AvgIpc) is 3.52. The van der Waals surface area contributed by atoms with Crippen LogP contribution in [0.15, 0.2) is 47.8 Å². The maximum atomic E-state index is 14.9. The molecule has 6 aliphatic rings. The van der Waals surface area contributed by atoms with Crippen molar-refractivity contribution in [3.8, 4) is 0 Å². The number of carbonyl (C=O) groups is 3. The van der Waals surface area contributed by atoms with Crippen molar-refractivity contribution in [3.05, 3.63) is 70.1 Å². The number of ether oxygens (including phenoxy) is 2. The van der Waals surface area contributed by atoms with Gasteiger partial charge in [0.1, 0.15) is 18.2 Å². The molecule has 0 spiro atoms. The molecule has 4 N–H and O–H groups in total. The fourth-order valence-corrected chi connectivity index (χ4v) is 15.2. The van der Waals surface area contributed by atoms with E-state index in [0.717, 1.165) is 97.0 Å². The van der Waals surface area contributed by atoms with Gasteiger partial charge in [-0.2, -0.15) is 0 Å². The highest BCUT2D eigenvalue weighted by Crippen LogP contribution is 2.75. The second kappa shape index (κ2) is 15.9. The Morgan fingerprint density at radius 1 is 1.05 bits per heavy atom. The number of H-pyrrole nitrogens is 1. The van der Waals surface area contributed by atoms with E-state index in [1.54, 1.807) is 0 Å². The Bertz CT molecular complexity index is 2320. The summed E-state index contributed by atoms with van der Waals surface area (Å²) < 4.78 is 13.8. The number of ketones is 2. The average molecular weight is 864 g/mol. The minimum absolute atomic E-state index is 0.0953. The third-order valence-electron chi connectivity index (χ3n) is 18.6. The second-order valence-electron chi connectivity index (χ2n) is 22.5. The number of rotatable bonds is 13. The molecule has 342 valence electrons. The van der Waals surface area contributed by atoms with Crippen molar-refractivity contribution >= 4 is 28.9 Å². The topological polar surface area (TPSA) is 146 Å². The number of Topliss-reactive ketones (excluding diaryl/α,β-unsaturated/α-hetero) is 2. The van der Waals surface area contributed by atoms with E-state index in [4.69, 9.17) is 9.47 Å². The largest absolute Gasteiger partial charge is 0.392 e. The van der Waals surface area contributed by atoms with Crippen molar-refractivity contribution in [2.75, 3.05) is 26.8 Å². The molecule has 3 saturated carbocycles. The van der Waals surface area contributed by atoms with E-state index in [1.165, 1.54) is 5.56 Å². The standard InChI is InChI=1S/C53H73N3O7/c1-30-22-33(32-13-20-62-21-14-32)25-34(23-30)37(29-57)35-27-56(38-12-18-55-45(35)38)28-36-44-43(31(2)24-39(58)48-49(3,4)63-48)40(59)26-53(44,8)52(7)16-10-41-50(5,17-19-54-9)42(60)11-15-51(41,6)47(52)46(36)61/h12,18,22-23,25,27,29,31-32,36-37,39,41,46-48,54-55,58,61H,10-11,13-17,19-21,24,26,28H2,1-9H3/t31-,36-,37-,39-,41+,46-,47-,48-,50+,51-,52+,53+/m1/s1. The molecule has 63 heavy (non-hydrogen) atoms. The van der Waals surface area contributed by atoms with Crippen molar-refractivity contribution in [2.45, 2.75) is 155 Å². The molecule has 9 rings (SSSR count). The normalized spacial score (nSPS) is 36.8. The Labute approximate surface area is 374 Å². The van der Waals surface area contributed by atoms with Crippen LogP contribution in [0.3, 0.4) is 0 Å². The van der Waals surface area contributed by atoms with E-state index in [2.05, 4.69) is 86.9 Å². The summed E-state index contributed by atoms with van der Waals surface area (Å²) in [5.74, 6) is -0.422. The summed E-state index contributed by atoms with van der Waals surface area (Å²) in [4.78, 5) is 45.8. The number of nitrogens with zero attached hydrogens (tertiary/aromatic N) is 1. The van der Waals surface area contributed by atoms with Gasteiger partial charge in [0.2, 0.25) is 0 Å². The Morgan fingerprint density at radius 2 is 1.78 bits per heavy atom. The maximum Gasteiger partial charge on any atom is 0.160 e. The van der Waals surface area contributed by atoms with Crippen LogP contribution >= 0.6 is 0 Å². The number of epoxide rings is 1. The fourth-order valence-electron chi connectivity index (χ4n) is 15.2. The number of aromatic amines is 1. The molecule has 2 aliphatic heterocycles. The number of fused-ring (bicyclic) bond motifs is 6. The summed E-state index contributed by atoms with van der Waals surface area (Å²) in [6, 6.07) is 8.66. The van der Waals surface area contributed by atoms with E-state index < -0.39 is 45.9 Å². The first-order valence-electron chi connectivity index (χ1n) is 24.1. The SMILES string of the molecule is CNCC[C@]1(C)C(=O)CC[C@@]2(C)[C@H]3[C@H](O)[C@H](Cn4cc([C@H](C=O)c5cc(C)cc(C6CCOCC6)c5)c5[nH]ccc54)C4=C([C@H](C)C[C@@H](O)[C@H]5OC5(C)C)C(=O)C[C@]4(C)[C@@]3(C)CC[C@H]21. The van der Waals surface area contributed by atoms with Gasteiger partial charge in [-0.25, -0.2) is 0 Å². The molecule has 10 nitrogen and oxygen atoms in total. The molecule has 2 saturated heterocycles. The first-order chi connectivity index (χ1) is 29.8. The van der Waals surface area contributed by atoms with Crippen LogP contribution in [0.25, 0.3) is 11.0 Å². The lowest BCUT2D eigenvalue weighted by Crippen LogP contribution is -2.68. The number of carbonyl (C=O) groups excluding carboxylic acids is 3. The predicted octanol–water partition coefficient (Wildman–Crippen LogP) is 8.35. The number of nitrogens with one attached hydrogen (secondary N) is 2. The highest BCUT2D eigenvalue weighted by molar-refractivity contribution is 6.01. The van der Waals surface area contributed by atoms with Gasteiger partial charge in [0.15, 0.2) is 5.78 Å². The zero-order chi connectivity index (χ0) is 45.0. The Morgan fingerprint density at radius 3 is 2.46 bits per heavy atom. The molecule has 0 unspecified atom stereocenters. The molecular formula is C53H73N3O7. The molecule has 0 bridgehead atoms. The quantitative estimate of drug-likeness (QED) is 0.0992. The zero-order valence-electron chi connectivity index (χ0n) is 39.3. The van der Waals surface area contributed by atoms with Crippen molar-refractivity contribution in [1.82, 2.24) is 14.9 Å². The molecule has 2 aromatic heterocycles. The number of aliphatic hydroxyl groups is 2. The van der Waals surface area contributed by atoms with E-state index >= 15 is 0 Å². The molecule has 1 aromatic carbocycles. The predicted molar refractivity (Wildman–Crippen MR) is 244 cm³/mol. The summed E-state index contributed by atoms with van der Waals surface area (Å²) in [6.45, 7) is 20.0. The van der Waals surface area contributed by atoms with Crippen LogP contribution in [-0.2, 0) is 30.4 Å². The van der Waals surface area contributed by atoms with Crippen LogP contribution < -0.4 is 5.32 Å². The molecule has 0 amide bonds. The molecule has 10 heteroatoms. The third kappa shape index (κ3) is 6.93. The maximum absolute atomic E-state index is 14.9. The van der Waals surface area contributed by atoms with Crippen LogP contribution in [0.1, 0.15) is 140 Å². The van der Waals surface area contributed by atoms with Gasteiger partial charge in [-0.05, 0) is 142 Å².